The molecule has 2 rings (SSSR count). The van der Waals surface area contributed by atoms with Gasteiger partial charge >= 0.3 is 6.18 Å². The Morgan fingerprint density at radius 3 is 2.45 bits per heavy atom. The third kappa shape index (κ3) is 5.11. The highest BCUT2D eigenvalue weighted by molar-refractivity contribution is 7.99. The van der Waals surface area contributed by atoms with E-state index in [-0.39, 0.29) is 17.3 Å². The van der Waals surface area contributed by atoms with Crippen molar-refractivity contribution in [3.63, 3.8) is 0 Å². The summed E-state index contributed by atoms with van der Waals surface area (Å²) in [6.45, 7) is 0. The molecule has 0 spiro atoms. The fraction of sp³-hybridized carbons (Fsp3) is 0.188. The van der Waals surface area contributed by atoms with Crippen molar-refractivity contribution in [2.75, 3.05) is 11.1 Å². The van der Waals surface area contributed by atoms with Crippen molar-refractivity contribution >= 4 is 23.4 Å². The van der Waals surface area contributed by atoms with Crippen LogP contribution in [0.25, 0.3) is 0 Å². The molecule has 0 aliphatic rings. The number of amides is 1. The molecule has 2 aromatic carbocycles. The SMILES string of the molecule is O=C(CSCc1ccccc1)Nc1cccc(C(F)(F)F)c1. The number of hydrogen-bond acceptors (Lipinski definition) is 2. The maximum absolute atomic E-state index is 12.6. The maximum atomic E-state index is 12.6. The molecule has 0 aromatic heterocycles. The summed E-state index contributed by atoms with van der Waals surface area (Å²) in [6.07, 6.45) is -4.41. The van der Waals surface area contributed by atoms with E-state index in [0.717, 1.165) is 17.7 Å². The zero-order valence-electron chi connectivity index (χ0n) is 11.6. The van der Waals surface area contributed by atoms with Crippen molar-refractivity contribution in [3.05, 3.63) is 65.7 Å². The van der Waals surface area contributed by atoms with Gasteiger partial charge in [-0.15, -0.1) is 11.8 Å². The lowest BCUT2D eigenvalue weighted by atomic mass is 10.2. The molecule has 0 saturated carbocycles. The third-order valence-electron chi connectivity index (χ3n) is 2.82. The van der Waals surface area contributed by atoms with Gasteiger partial charge in [-0.25, -0.2) is 0 Å². The van der Waals surface area contributed by atoms with Crippen molar-refractivity contribution in [1.82, 2.24) is 0 Å². The number of nitrogens with one attached hydrogen (secondary N) is 1. The number of thioether (sulfide) groups is 1. The minimum atomic E-state index is -4.41. The van der Waals surface area contributed by atoms with E-state index in [4.69, 9.17) is 0 Å². The predicted molar refractivity (Wildman–Crippen MR) is 82.7 cm³/mol. The number of benzene rings is 2. The summed E-state index contributed by atoms with van der Waals surface area (Å²) in [5, 5.41) is 2.48. The van der Waals surface area contributed by atoms with Gasteiger partial charge in [0.1, 0.15) is 0 Å². The highest BCUT2D eigenvalue weighted by atomic mass is 32.2. The molecule has 0 heterocycles. The summed E-state index contributed by atoms with van der Waals surface area (Å²) in [7, 11) is 0. The van der Waals surface area contributed by atoms with E-state index in [2.05, 4.69) is 5.32 Å². The van der Waals surface area contributed by atoms with Crippen molar-refractivity contribution in [2.45, 2.75) is 11.9 Å². The van der Waals surface area contributed by atoms with E-state index in [0.29, 0.717) is 5.75 Å². The van der Waals surface area contributed by atoms with E-state index >= 15 is 0 Å². The van der Waals surface area contributed by atoms with Crippen LogP contribution in [0.5, 0.6) is 0 Å². The lowest BCUT2D eigenvalue weighted by Gasteiger charge is -2.09. The minimum absolute atomic E-state index is 0.153. The average Bonchev–Trinajstić information content (AvgIpc) is 2.48. The second-order valence-electron chi connectivity index (χ2n) is 4.61. The Balaban J connectivity index is 1.84. The molecule has 6 heteroatoms. The van der Waals surface area contributed by atoms with Gasteiger partial charge in [-0.05, 0) is 23.8 Å². The molecular weight excluding hydrogens is 311 g/mol. The van der Waals surface area contributed by atoms with E-state index in [1.54, 1.807) is 0 Å². The van der Waals surface area contributed by atoms with E-state index in [9.17, 15) is 18.0 Å². The quantitative estimate of drug-likeness (QED) is 0.872. The second-order valence-corrected chi connectivity index (χ2v) is 5.59. The molecule has 0 bridgehead atoms. The monoisotopic (exact) mass is 325 g/mol. The van der Waals surface area contributed by atoms with Crippen LogP contribution in [0.3, 0.4) is 0 Å². The number of carbonyl (C=O) groups excluding carboxylic acids is 1. The van der Waals surface area contributed by atoms with Crippen LogP contribution >= 0.6 is 11.8 Å². The van der Waals surface area contributed by atoms with Crippen LogP contribution in [0.2, 0.25) is 0 Å². The van der Waals surface area contributed by atoms with Crippen LogP contribution in [-0.4, -0.2) is 11.7 Å². The van der Waals surface area contributed by atoms with Gasteiger partial charge in [0, 0.05) is 11.4 Å². The number of alkyl halides is 3. The Morgan fingerprint density at radius 1 is 1.05 bits per heavy atom. The Labute approximate surface area is 130 Å². The molecule has 0 fully saturated rings. The number of hydrogen-bond donors (Lipinski definition) is 1. The Bertz CT molecular complexity index is 629. The van der Waals surface area contributed by atoms with Crippen LogP contribution in [0.1, 0.15) is 11.1 Å². The molecule has 0 saturated heterocycles. The standard InChI is InChI=1S/C16H14F3NOS/c17-16(18,19)13-7-4-8-14(9-13)20-15(21)11-22-10-12-5-2-1-3-6-12/h1-9H,10-11H2,(H,20,21). The van der Waals surface area contributed by atoms with Gasteiger partial charge in [0.2, 0.25) is 5.91 Å². The van der Waals surface area contributed by atoms with E-state index < -0.39 is 11.7 Å². The summed E-state index contributed by atoms with van der Waals surface area (Å²) < 4.78 is 37.7. The first-order valence-electron chi connectivity index (χ1n) is 6.54. The topological polar surface area (TPSA) is 29.1 Å². The molecule has 0 atom stereocenters. The lowest BCUT2D eigenvalue weighted by Crippen LogP contribution is -2.15. The molecule has 0 aliphatic carbocycles. The number of halogens is 3. The maximum Gasteiger partial charge on any atom is 0.416 e. The lowest BCUT2D eigenvalue weighted by molar-refractivity contribution is -0.137. The summed E-state index contributed by atoms with van der Waals surface area (Å²) in [5.41, 5.74) is 0.474. The molecule has 0 radical (unpaired) electrons. The highest BCUT2D eigenvalue weighted by Crippen LogP contribution is 2.30. The van der Waals surface area contributed by atoms with Crippen LogP contribution in [-0.2, 0) is 16.7 Å². The number of carbonyl (C=O) groups is 1. The van der Waals surface area contributed by atoms with E-state index in [1.807, 2.05) is 30.3 Å². The zero-order chi connectivity index (χ0) is 16.0. The van der Waals surface area contributed by atoms with Gasteiger partial charge in [0.15, 0.2) is 0 Å². The van der Waals surface area contributed by atoms with Gasteiger partial charge in [-0.1, -0.05) is 36.4 Å². The minimum Gasteiger partial charge on any atom is -0.325 e. The van der Waals surface area contributed by atoms with Gasteiger partial charge in [0.05, 0.1) is 11.3 Å². The number of rotatable bonds is 5. The molecular formula is C16H14F3NOS. The summed E-state index contributed by atoms with van der Waals surface area (Å²) >= 11 is 1.41. The van der Waals surface area contributed by atoms with Crippen molar-refractivity contribution < 1.29 is 18.0 Å². The van der Waals surface area contributed by atoms with E-state index in [1.165, 1.54) is 23.9 Å². The molecule has 22 heavy (non-hydrogen) atoms. The van der Waals surface area contributed by atoms with Crippen LogP contribution < -0.4 is 5.32 Å². The zero-order valence-corrected chi connectivity index (χ0v) is 12.4. The first-order valence-corrected chi connectivity index (χ1v) is 7.69. The highest BCUT2D eigenvalue weighted by Gasteiger charge is 2.30. The molecule has 0 unspecified atom stereocenters. The third-order valence-corrected chi connectivity index (χ3v) is 3.82. The fourth-order valence-corrected chi connectivity index (χ4v) is 2.59. The smallest absolute Gasteiger partial charge is 0.325 e. The Morgan fingerprint density at radius 2 is 1.77 bits per heavy atom. The summed E-state index contributed by atoms with van der Waals surface area (Å²) in [5.74, 6) is 0.544. The van der Waals surface area contributed by atoms with Crippen LogP contribution in [0.4, 0.5) is 18.9 Å². The first kappa shape index (κ1) is 16.4. The molecule has 2 nitrogen and oxygen atoms in total. The van der Waals surface area contributed by atoms with Gasteiger partial charge < -0.3 is 5.32 Å². The normalized spacial score (nSPS) is 11.2. The van der Waals surface area contributed by atoms with Crippen molar-refractivity contribution in [3.8, 4) is 0 Å². The Hall–Kier alpha value is -1.95. The average molecular weight is 325 g/mol. The summed E-state index contributed by atoms with van der Waals surface area (Å²) in [6, 6.07) is 14.3. The van der Waals surface area contributed by atoms with Gasteiger partial charge in [0.25, 0.3) is 0 Å². The van der Waals surface area contributed by atoms with Crippen molar-refractivity contribution in [1.29, 1.82) is 0 Å². The largest absolute Gasteiger partial charge is 0.416 e. The fourth-order valence-electron chi connectivity index (χ4n) is 1.81. The Kier molecular flexibility index (Phi) is 5.49. The molecule has 116 valence electrons. The van der Waals surface area contributed by atoms with Gasteiger partial charge in [-0.2, -0.15) is 13.2 Å². The van der Waals surface area contributed by atoms with Gasteiger partial charge in [-0.3, -0.25) is 4.79 Å². The molecule has 0 aliphatic heterocycles. The van der Waals surface area contributed by atoms with Crippen LogP contribution in [0.15, 0.2) is 54.6 Å². The molecule has 2 aromatic rings. The molecule has 1 N–H and O–H groups in total. The molecule has 1 amide bonds. The summed E-state index contributed by atoms with van der Waals surface area (Å²) in [4.78, 5) is 11.8. The van der Waals surface area contributed by atoms with Crippen molar-refractivity contribution in [2.24, 2.45) is 0 Å². The number of anilines is 1. The predicted octanol–water partition coefficient (Wildman–Crippen LogP) is 4.58. The first-order chi connectivity index (χ1) is 10.4. The second kappa shape index (κ2) is 7.35. The van der Waals surface area contributed by atoms with Crippen LogP contribution in [0, 0.1) is 0 Å².